The Kier molecular flexibility index (Phi) is 6.07. The first-order valence-electron chi connectivity index (χ1n) is 12.7. The van der Waals surface area contributed by atoms with E-state index in [4.69, 9.17) is 9.47 Å². The van der Waals surface area contributed by atoms with Crippen molar-refractivity contribution in [2.75, 3.05) is 33.0 Å². The zero-order chi connectivity index (χ0) is 25.6. The Morgan fingerprint density at radius 1 is 0.838 bits per heavy atom. The molecule has 0 aromatic heterocycles. The fourth-order valence-electron chi connectivity index (χ4n) is 6.67. The number of benzene rings is 3. The van der Waals surface area contributed by atoms with Gasteiger partial charge in [-0.1, -0.05) is 66.7 Å². The number of carbonyl (C=O) groups is 2. The molecule has 4 aliphatic rings. The number of aliphatic hydroxyl groups excluding tert-OH is 2. The fraction of sp³-hybridized carbons (Fsp3) is 0.333. The van der Waals surface area contributed by atoms with Crippen molar-refractivity contribution < 1.29 is 29.3 Å². The molecule has 2 N–H and O–H groups in total. The Hall–Kier alpha value is -3.52. The van der Waals surface area contributed by atoms with Gasteiger partial charge in [0.15, 0.2) is 0 Å². The topological polar surface area (TPSA) is 96.3 Å². The van der Waals surface area contributed by atoms with Crippen LogP contribution in [0.1, 0.15) is 28.2 Å². The maximum absolute atomic E-state index is 13.8. The molecule has 0 radical (unpaired) electrons. The SMILES string of the molecule is O=C1C2C3c4ccccc4C(COCC(O)COc4ccccc4)(c4ccccc43)C2C(=O)N1CCO. The number of hydrogen-bond donors (Lipinski definition) is 2. The van der Waals surface area contributed by atoms with Crippen LogP contribution in [0.4, 0.5) is 0 Å². The van der Waals surface area contributed by atoms with E-state index in [9.17, 15) is 19.8 Å². The lowest BCUT2D eigenvalue weighted by atomic mass is 9.47. The van der Waals surface area contributed by atoms with Gasteiger partial charge >= 0.3 is 0 Å². The van der Waals surface area contributed by atoms with Crippen molar-refractivity contribution in [3.63, 3.8) is 0 Å². The van der Waals surface area contributed by atoms with E-state index in [0.29, 0.717) is 5.75 Å². The molecule has 1 saturated heterocycles. The van der Waals surface area contributed by atoms with Crippen molar-refractivity contribution >= 4 is 11.8 Å². The Morgan fingerprint density at radius 2 is 1.46 bits per heavy atom. The molecule has 190 valence electrons. The van der Waals surface area contributed by atoms with Gasteiger partial charge in [0.05, 0.1) is 43.6 Å². The van der Waals surface area contributed by atoms with E-state index in [1.54, 1.807) is 0 Å². The van der Waals surface area contributed by atoms with Crippen LogP contribution < -0.4 is 4.74 Å². The largest absolute Gasteiger partial charge is 0.491 e. The summed E-state index contributed by atoms with van der Waals surface area (Å²) in [6, 6.07) is 25.2. The molecule has 0 saturated carbocycles. The van der Waals surface area contributed by atoms with Crippen LogP contribution in [0, 0.1) is 11.8 Å². The van der Waals surface area contributed by atoms with E-state index >= 15 is 0 Å². The molecular formula is C30H29NO6. The minimum absolute atomic E-state index is 0.0161. The number of ether oxygens (including phenoxy) is 2. The van der Waals surface area contributed by atoms with Crippen LogP contribution in [0.3, 0.4) is 0 Å². The summed E-state index contributed by atoms with van der Waals surface area (Å²) in [5, 5.41) is 20.2. The number of hydrogen-bond acceptors (Lipinski definition) is 6. The van der Waals surface area contributed by atoms with Crippen molar-refractivity contribution in [2.45, 2.75) is 17.4 Å². The molecule has 7 nitrogen and oxygen atoms in total. The lowest BCUT2D eigenvalue weighted by molar-refractivity contribution is -0.141. The zero-order valence-electron chi connectivity index (χ0n) is 20.3. The van der Waals surface area contributed by atoms with Gasteiger partial charge in [-0.05, 0) is 34.4 Å². The number of carbonyl (C=O) groups excluding carboxylic acids is 2. The van der Waals surface area contributed by atoms with Gasteiger partial charge in [0.2, 0.25) is 11.8 Å². The van der Waals surface area contributed by atoms with E-state index in [0.717, 1.165) is 22.3 Å². The number of β-amino-alcohol motifs (C(OH)–C–C–N with tert-alkyl or cyclic N) is 1. The predicted octanol–water partition coefficient (Wildman–Crippen LogP) is 2.48. The minimum Gasteiger partial charge on any atom is -0.491 e. The van der Waals surface area contributed by atoms with Gasteiger partial charge in [0.1, 0.15) is 18.5 Å². The van der Waals surface area contributed by atoms with Gasteiger partial charge in [-0.25, -0.2) is 0 Å². The molecule has 2 amide bonds. The molecule has 2 bridgehead atoms. The lowest BCUT2D eigenvalue weighted by Crippen LogP contribution is -2.56. The zero-order valence-corrected chi connectivity index (χ0v) is 20.3. The van der Waals surface area contributed by atoms with Gasteiger partial charge < -0.3 is 19.7 Å². The Bertz CT molecular complexity index is 1280. The summed E-state index contributed by atoms with van der Waals surface area (Å²) in [6.45, 7) is -0.0827. The minimum atomic E-state index is -0.885. The van der Waals surface area contributed by atoms with Crippen LogP contribution in [0.25, 0.3) is 0 Å². The number of aliphatic hydroxyl groups is 2. The van der Waals surface area contributed by atoms with Crippen LogP contribution >= 0.6 is 0 Å². The van der Waals surface area contributed by atoms with Gasteiger partial charge in [-0.2, -0.15) is 0 Å². The second kappa shape index (κ2) is 9.41. The van der Waals surface area contributed by atoms with Crippen LogP contribution in [0.15, 0.2) is 78.9 Å². The van der Waals surface area contributed by atoms with E-state index in [1.165, 1.54) is 4.90 Å². The maximum atomic E-state index is 13.8. The Balaban J connectivity index is 1.35. The van der Waals surface area contributed by atoms with E-state index in [2.05, 4.69) is 0 Å². The predicted molar refractivity (Wildman–Crippen MR) is 135 cm³/mol. The van der Waals surface area contributed by atoms with Crippen molar-refractivity contribution in [3.05, 3.63) is 101 Å². The average Bonchev–Trinajstić information content (AvgIpc) is 3.19. The molecule has 37 heavy (non-hydrogen) atoms. The molecule has 3 atom stereocenters. The molecule has 0 spiro atoms. The highest BCUT2D eigenvalue weighted by Gasteiger charge is 2.68. The highest BCUT2D eigenvalue weighted by Crippen LogP contribution is 2.64. The Labute approximate surface area is 215 Å². The quantitative estimate of drug-likeness (QED) is 0.439. The summed E-state index contributed by atoms with van der Waals surface area (Å²) < 4.78 is 11.8. The molecular weight excluding hydrogens is 470 g/mol. The monoisotopic (exact) mass is 499 g/mol. The summed E-state index contributed by atoms with van der Waals surface area (Å²) in [7, 11) is 0. The molecule has 1 fully saturated rings. The summed E-state index contributed by atoms with van der Waals surface area (Å²) >= 11 is 0. The molecule has 3 aromatic carbocycles. The molecule has 1 heterocycles. The third kappa shape index (κ3) is 3.61. The second-order valence-electron chi connectivity index (χ2n) is 9.97. The number of nitrogens with zero attached hydrogens (tertiary/aromatic N) is 1. The molecule has 1 aliphatic heterocycles. The van der Waals surface area contributed by atoms with Gasteiger partial charge in [-0.15, -0.1) is 0 Å². The average molecular weight is 500 g/mol. The third-order valence-corrected chi connectivity index (χ3v) is 8.03. The third-order valence-electron chi connectivity index (χ3n) is 8.03. The van der Waals surface area contributed by atoms with Crippen LogP contribution in [0.2, 0.25) is 0 Å². The highest BCUT2D eigenvalue weighted by molar-refractivity contribution is 6.08. The normalized spacial score (nSPS) is 26.0. The van der Waals surface area contributed by atoms with E-state index in [1.807, 2.05) is 78.9 Å². The van der Waals surface area contributed by atoms with Gasteiger partial charge in [0, 0.05) is 5.92 Å². The number of imide groups is 1. The summed E-state index contributed by atoms with van der Waals surface area (Å²) in [6.07, 6.45) is -0.871. The number of amides is 2. The maximum Gasteiger partial charge on any atom is 0.234 e. The van der Waals surface area contributed by atoms with Crippen molar-refractivity contribution in [2.24, 2.45) is 11.8 Å². The van der Waals surface area contributed by atoms with Gasteiger partial charge in [0.25, 0.3) is 0 Å². The fourth-order valence-corrected chi connectivity index (χ4v) is 6.67. The summed E-state index contributed by atoms with van der Waals surface area (Å²) in [5.74, 6) is -1.27. The van der Waals surface area contributed by atoms with Crippen LogP contribution in [-0.2, 0) is 19.7 Å². The number of likely N-dealkylation sites (tertiary alicyclic amines) is 1. The van der Waals surface area contributed by atoms with Gasteiger partial charge in [-0.3, -0.25) is 14.5 Å². The first-order chi connectivity index (χ1) is 18.1. The molecule has 3 unspecified atom stereocenters. The number of rotatable bonds is 9. The molecule has 7 heteroatoms. The summed E-state index contributed by atoms with van der Waals surface area (Å²) in [5.41, 5.74) is 3.16. The van der Waals surface area contributed by atoms with Crippen LogP contribution in [0.5, 0.6) is 5.75 Å². The van der Waals surface area contributed by atoms with E-state index < -0.39 is 23.4 Å². The highest BCUT2D eigenvalue weighted by atomic mass is 16.5. The molecule has 3 aromatic rings. The first kappa shape index (κ1) is 23.9. The lowest BCUT2D eigenvalue weighted by Gasteiger charge is -2.54. The Morgan fingerprint density at radius 3 is 2.11 bits per heavy atom. The summed E-state index contributed by atoms with van der Waals surface area (Å²) in [4.78, 5) is 28.6. The van der Waals surface area contributed by atoms with E-state index in [-0.39, 0.29) is 50.7 Å². The second-order valence-corrected chi connectivity index (χ2v) is 9.97. The standard InChI is InChI=1S/C30H29NO6/c32-15-14-31-28(34)26-25-21-10-4-6-12-23(21)30(27(26)29(31)35,24-13-7-5-11-22(24)25)18-36-16-19(33)17-37-20-8-2-1-3-9-20/h1-13,19,25-27,32-33H,14-18H2. The molecule has 7 rings (SSSR count). The van der Waals surface area contributed by atoms with Crippen molar-refractivity contribution in [1.29, 1.82) is 0 Å². The van der Waals surface area contributed by atoms with Crippen LogP contribution in [-0.4, -0.2) is 66.0 Å². The first-order valence-corrected chi connectivity index (χ1v) is 12.7. The number of para-hydroxylation sites is 1. The molecule has 3 aliphatic carbocycles. The van der Waals surface area contributed by atoms with Crippen molar-refractivity contribution in [3.8, 4) is 5.75 Å². The van der Waals surface area contributed by atoms with Crippen molar-refractivity contribution in [1.82, 2.24) is 4.90 Å². The smallest absolute Gasteiger partial charge is 0.234 e.